The third-order valence-electron chi connectivity index (χ3n) is 3.09. The number of ether oxygens (including phenoxy) is 4. The summed E-state index contributed by atoms with van der Waals surface area (Å²) in [5.41, 5.74) is 0.107. The molecule has 0 aliphatic rings. The number of esters is 1. The molecule has 0 heterocycles. The van der Waals surface area contributed by atoms with Crippen molar-refractivity contribution in [3.63, 3.8) is 0 Å². The third kappa shape index (κ3) is 5.96. The van der Waals surface area contributed by atoms with Gasteiger partial charge in [-0.05, 0) is 13.0 Å². The Bertz CT molecular complexity index is 702. The van der Waals surface area contributed by atoms with E-state index in [9.17, 15) is 19.7 Å². The number of nitro benzene ring substituents is 1. The van der Waals surface area contributed by atoms with Gasteiger partial charge < -0.3 is 24.3 Å². The minimum atomic E-state index is -0.819. The Morgan fingerprint density at radius 3 is 2.35 bits per heavy atom. The van der Waals surface area contributed by atoms with Crippen LogP contribution in [0, 0.1) is 10.1 Å². The summed E-state index contributed by atoms with van der Waals surface area (Å²) in [5, 5.41) is 13.5. The quantitative estimate of drug-likeness (QED) is 0.230. The van der Waals surface area contributed by atoms with Crippen molar-refractivity contribution in [1.82, 2.24) is 5.32 Å². The fourth-order valence-electron chi connectivity index (χ4n) is 1.81. The van der Waals surface area contributed by atoms with Crippen molar-refractivity contribution in [1.29, 1.82) is 0 Å². The van der Waals surface area contributed by atoms with Crippen molar-refractivity contribution in [2.45, 2.75) is 13.5 Å². The molecule has 1 amide bonds. The smallest absolute Gasteiger partial charge is 0.407 e. The predicted octanol–water partition coefficient (Wildman–Crippen LogP) is 1.96. The van der Waals surface area contributed by atoms with Gasteiger partial charge in [-0.3, -0.25) is 10.1 Å². The maximum Gasteiger partial charge on any atom is 0.407 e. The summed E-state index contributed by atoms with van der Waals surface area (Å²) in [7, 11) is 2.74. The first-order chi connectivity index (χ1) is 12.3. The van der Waals surface area contributed by atoms with Crippen molar-refractivity contribution in [3.05, 3.63) is 40.0 Å². The van der Waals surface area contributed by atoms with Gasteiger partial charge in [-0.25, -0.2) is 9.59 Å². The van der Waals surface area contributed by atoms with Crippen LogP contribution in [0.15, 0.2) is 24.3 Å². The molecule has 0 spiro atoms. The van der Waals surface area contributed by atoms with Gasteiger partial charge in [0.2, 0.25) is 0 Å². The van der Waals surface area contributed by atoms with E-state index in [4.69, 9.17) is 18.9 Å². The van der Waals surface area contributed by atoms with Crippen LogP contribution in [-0.4, -0.2) is 44.4 Å². The van der Waals surface area contributed by atoms with E-state index in [1.165, 1.54) is 33.3 Å². The summed E-state index contributed by atoms with van der Waals surface area (Å²) in [6, 6.07) is 2.55. The van der Waals surface area contributed by atoms with Crippen LogP contribution in [0.4, 0.5) is 10.5 Å². The molecule has 1 aromatic rings. The minimum Gasteiger partial charge on any atom is -0.493 e. The van der Waals surface area contributed by atoms with Gasteiger partial charge in [0, 0.05) is 5.57 Å². The van der Waals surface area contributed by atoms with Gasteiger partial charge in [0.25, 0.3) is 5.69 Å². The second kappa shape index (κ2) is 9.87. The molecule has 1 rings (SSSR count). The molecule has 0 unspecified atom stereocenters. The minimum absolute atomic E-state index is 0.0197. The van der Waals surface area contributed by atoms with E-state index in [0.717, 1.165) is 0 Å². The SMILES string of the molecule is C=C(C)C(=O)OCCNC(=O)OCc1cc(OC)c(OC)cc1[N+](=O)[O-]. The zero-order valence-electron chi connectivity index (χ0n) is 14.7. The highest BCUT2D eigenvalue weighted by molar-refractivity contribution is 5.86. The lowest BCUT2D eigenvalue weighted by Crippen LogP contribution is -2.28. The van der Waals surface area contributed by atoms with Crippen molar-refractivity contribution >= 4 is 17.7 Å². The van der Waals surface area contributed by atoms with Crippen molar-refractivity contribution in [2.24, 2.45) is 0 Å². The molecule has 1 N–H and O–H groups in total. The number of nitro groups is 1. The lowest BCUT2D eigenvalue weighted by Gasteiger charge is -2.11. The molecular weight excluding hydrogens is 348 g/mol. The molecule has 0 saturated carbocycles. The van der Waals surface area contributed by atoms with Gasteiger partial charge in [-0.2, -0.15) is 0 Å². The molecule has 0 radical (unpaired) electrons. The molecule has 0 aliphatic carbocycles. The Labute approximate surface area is 149 Å². The standard InChI is InChI=1S/C16H20N2O8/c1-10(2)15(19)25-6-5-17-16(20)26-9-11-7-13(23-3)14(24-4)8-12(11)18(21)22/h7-8H,1,5-6,9H2,2-4H3,(H,17,20). The van der Waals surface area contributed by atoms with Crippen molar-refractivity contribution in [3.8, 4) is 11.5 Å². The highest BCUT2D eigenvalue weighted by Gasteiger charge is 2.20. The summed E-state index contributed by atoms with van der Waals surface area (Å²) in [6.45, 7) is 4.53. The Kier molecular flexibility index (Phi) is 7.87. The molecule has 0 bridgehead atoms. The second-order valence-electron chi connectivity index (χ2n) is 5.01. The van der Waals surface area contributed by atoms with E-state index in [1.54, 1.807) is 0 Å². The Hall–Kier alpha value is -3.30. The summed E-state index contributed by atoms with van der Waals surface area (Å²) in [5.74, 6) is -0.114. The Morgan fingerprint density at radius 2 is 1.81 bits per heavy atom. The number of hydrogen-bond donors (Lipinski definition) is 1. The summed E-state index contributed by atoms with van der Waals surface area (Å²) >= 11 is 0. The number of nitrogens with zero attached hydrogens (tertiary/aromatic N) is 1. The van der Waals surface area contributed by atoms with Gasteiger partial charge in [-0.15, -0.1) is 0 Å². The van der Waals surface area contributed by atoms with Crippen molar-refractivity contribution in [2.75, 3.05) is 27.4 Å². The van der Waals surface area contributed by atoms with Gasteiger partial charge in [-0.1, -0.05) is 6.58 Å². The highest BCUT2D eigenvalue weighted by atomic mass is 16.6. The zero-order valence-corrected chi connectivity index (χ0v) is 14.7. The number of methoxy groups -OCH3 is 2. The fraction of sp³-hybridized carbons (Fsp3) is 0.375. The number of benzene rings is 1. The molecule has 10 nitrogen and oxygen atoms in total. The predicted molar refractivity (Wildman–Crippen MR) is 90.2 cm³/mol. The van der Waals surface area contributed by atoms with Crippen LogP contribution in [0.5, 0.6) is 11.5 Å². The van der Waals surface area contributed by atoms with E-state index in [2.05, 4.69) is 11.9 Å². The van der Waals surface area contributed by atoms with Crippen LogP contribution >= 0.6 is 0 Å². The van der Waals surface area contributed by atoms with Crippen LogP contribution in [-0.2, 0) is 20.9 Å². The average molecular weight is 368 g/mol. The van der Waals surface area contributed by atoms with Gasteiger partial charge in [0.1, 0.15) is 13.2 Å². The van der Waals surface area contributed by atoms with E-state index in [1.807, 2.05) is 0 Å². The molecule has 26 heavy (non-hydrogen) atoms. The van der Waals surface area contributed by atoms with Gasteiger partial charge in [0.05, 0.1) is 37.3 Å². The number of rotatable bonds is 9. The first-order valence-electron chi connectivity index (χ1n) is 7.42. The number of alkyl carbamates (subject to hydrolysis) is 1. The molecule has 0 atom stereocenters. The molecular formula is C16H20N2O8. The largest absolute Gasteiger partial charge is 0.493 e. The highest BCUT2D eigenvalue weighted by Crippen LogP contribution is 2.34. The average Bonchev–Trinajstić information content (AvgIpc) is 2.62. The van der Waals surface area contributed by atoms with Gasteiger partial charge in [0.15, 0.2) is 11.5 Å². The molecule has 1 aromatic carbocycles. The Morgan fingerprint density at radius 1 is 1.19 bits per heavy atom. The molecule has 10 heteroatoms. The number of nitrogens with one attached hydrogen (secondary N) is 1. The first-order valence-corrected chi connectivity index (χ1v) is 7.42. The van der Waals surface area contributed by atoms with E-state index >= 15 is 0 Å². The van der Waals surface area contributed by atoms with Crippen LogP contribution < -0.4 is 14.8 Å². The van der Waals surface area contributed by atoms with Crippen LogP contribution in [0.1, 0.15) is 12.5 Å². The maximum atomic E-state index is 11.6. The van der Waals surface area contributed by atoms with Gasteiger partial charge >= 0.3 is 12.1 Å². The monoisotopic (exact) mass is 368 g/mol. The topological polar surface area (TPSA) is 126 Å². The number of amides is 1. The van der Waals surface area contributed by atoms with E-state index in [0.29, 0.717) is 0 Å². The zero-order chi connectivity index (χ0) is 19.7. The van der Waals surface area contributed by atoms with E-state index < -0.39 is 17.0 Å². The molecule has 0 fully saturated rings. The Balaban J connectivity index is 2.63. The summed E-state index contributed by atoms with van der Waals surface area (Å²) in [6.07, 6.45) is -0.819. The first kappa shape index (κ1) is 20.7. The molecule has 142 valence electrons. The third-order valence-corrected chi connectivity index (χ3v) is 3.09. The number of carbonyl (C=O) groups is 2. The van der Waals surface area contributed by atoms with Crippen LogP contribution in [0.25, 0.3) is 0 Å². The second-order valence-corrected chi connectivity index (χ2v) is 5.01. The fourth-order valence-corrected chi connectivity index (χ4v) is 1.81. The normalized spacial score (nSPS) is 9.81. The maximum absolute atomic E-state index is 11.6. The number of carbonyl (C=O) groups excluding carboxylic acids is 2. The lowest BCUT2D eigenvalue weighted by atomic mass is 10.1. The van der Waals surface area contributed by atoms with Crippen molar-refractivity contribution < 1.29 is 33.5 Å². The molecule has 0 aromatic heterocycles. The summed E-state index contributed by atoms with van der Waals surface area (Å²) in [4.78, 5) is 33.3. The van der Waals surface area contributed by atoms with Crippen LogP contribution in [0.2, 0.25) is 0 Å². The van der Waals surface area contributed by atoms with E-state index in [-0.39, 0.29) is 48.1 Å². The molecule has 0 aliphatic heterocycles. The van der Waals surface area contributed by atoms with Crippen LogP contribution in [0.3, 0.4) is 0 Å². The molecule has 0 saturated heterocycles. The summed E-state index contributed by atoms with van der Waals surface area (Å²) < 4.78 is 19.8. The lowest BCUT2D eigenvalue weighted by molar-refractivity contribution is -0.385. The number of hydrogen-bond acceptors (Lipinski definition) is 8.